The zero-order chi connectivity index (χ0) is 12.7. The summed E-state index contributed by atoms with van der Waals surface area (Å²) in [6.07, 6.45) is 6.99. The Morgan fingerprint density at radius 1 is 1.59 bits per heavy atom. The second-order valence-corrected chi connectivity index (χ2v) is 3.96. The van der Waals surface area contributed by atoms with Crippen LogP contribution in [-0.4, -0.2) is 11.9 Å². The molecule has 0 heterocycles. The lowest BCUT2D eigenvalue weighted by molar-refractivity contribution is 0.1000. The number of hydrogen-bond acceptors (Lipinski definition) is 2. The summed E-state index contributed by atoms with van der Waals surface area (Å²) in [4.78, 5) is 11.0. The van der Waals surface area contributed by atoms with E-state index >= 15 is 0 Å². The molecule has 0 radical (unpaired) electrons. The van der Waals surface area contributed by atoms with Gasteiger partial charge in [0.15, 0.2) is 0 Å². The van der Waals surface area contributed by atoms with E-state index in [2.05, 4.69) is 18.2 Å². The van der Waals surface area contributed by atoms with Crippen molar-refractivity contribution in [1.82, 2.24) is 5.32 Å². The lowest BCUT2D eigenvalue weighted by Gasteiger charge is -2.14. The fourth-order valence-electron chi connectivity index (χ4n) is 1.60. The van der Waals surface area contributed by atoms with E-state index < -0.39 is 5.91 Å². The second kappa shape index (κ2) is 6.72. The van der Waals surface area contributed by atoms with Crippen LogP contribution in [0.2, 0.25) is 0 Å². The van der Waals surface area contributed by atoms with Crippen LogP contribution < -0.4 is 11.1 Å². The topological polar surface area (TPSA) is 55.1 Å². The van der Waals surface area contributed by atoms with Crippen molar-refractivity contribution in [2.75, 3.05) is 0 Å². The molecule has 90 valence electrons. The maximum atomic E-state index is 11.0. The molecule has 0 fully saturated rings. The van der Waals surface area contributed by atoms with E-state index in [1.807, 2.05) is 12.1 Å². The highest BCUT2D eigenvalue weighted by Crippen LogP contribution is 2.06. The number of primary amides is 1. The van der Waals surface area contributed by atoms with E-state index in [4.69, 9.17) is 12.2 Å². The third kappa shape index (κ3) is 4.29. The predicted octanol–water partition coefficient (Wildman–Crippen LogP) is 1.68. The van der Waals surface area contributed by atoms with Gasteiger partial charge in [0.25, 0.3) is 0 Å². The number of amides is 1. The van der Waals surface area contributed by atoms with E-state index in [-0.39, 0.29) is 0 Å². The number of carbonyl (C=O) groups excluding carboxylic acids is 1. The fraction of sp³-hybridized carbons (Fsp3) is 0.357. The molecule has 3 nitrogen and oxygen atoms in total. The molecule has 0 aliphatic heterocycles. The van der Waals surface area contributed by atoms with Crippen LogP contribution in [0.1, 0.15) is 35.7 Å². The Kier molecular flexibility index (Phi) is 5.25. The zero-order valence-corrected chi connectivity index (χ0v) is 10.1. The molecule has 1 aromatic rings. The van der Waals surface area contributed by atoms with Gasteiger partial charge in [-0.05, 0) is 24.1 Å². The van der Waals surface area contributed by atoms with Crippen molar-refractivity contribution in [2.45, 2.75) is 32.4 Å². The molecule has 3 N–H and O–H groups in total. The maximum absolute atomic E-state index is 11.0. The van der Waals surface area contributed by atoms with Crippen LogP contribution in [0.5, 0.6) is 0 Å². The first-order chi connectivity index (χ1) is 8.17. The number of hydrogen-bond donors (Lipinski definition) is 2. The Balaban J connectivity index is 2.60. The summed E-state index contributed by atoms with van der Waals surface area (Å²) in [6.45, 7) is 2.79. The second-order valence-electron chi connectivity index (χ2n) is 3.96. The van der Waals surface area contributed by atoms with Crippen molar-refractivity contribution in [3.63, 3.8) is 0 Å². The van der Waals surface area contributed by atoms with Crippen LogP contribution in [0.3, 0.4) is 0 Å². The number of benzene rings is 1. The van der Waals surface area contributed by atoms with Gasteiger partial charge in [0.1, 0.15) is 0 Å². The molecule has 0 aliphatic rings. The summed E-state index contributed by atoms with van der Waals surface area (Å²) < 4.78 is 0. The van der Waals surface area contributed by atoms with Gasteiger partial charge in [0.05, 0.1) is 0 Å². The van der Waals surface area contributed by atoms with Gasteiger partial charge in [-0.2, -0.15) is 0 Å². The summed E-state index contributed by atoms with van der Waals surface area (Å²) in [5.74, 6) is 2.25. The average Bonchev–Trinajstić information content (AvgIpc) is 2.34. The Labute approximate surface area is 102 Å². The van der Waals surface area contributed by atoms with Crippen LogP contribution in [0.4, 0.5) is 0 Å². The first-order valence-corrected chi connectivity index (χ1v) is 5.73. The number of nitrogens with one attached hydrogen (secondary N) is 1. The molecule has 1 rings (SSSR count). The third-order valence-corrected chi connectivity index (χ3v) is 2.66. The monoisotopic (exact) mass is 230 g/mol. The van der Waals surface area contributed by atoms with E-state index in [1.54, 1.807) is 12.1 Å². The van der Waals surface area contributed by atoms with Gasteiger partial charge in [-0.1, -0.05) is 19.1 Å². The molecule has 0 bridgehead atoms. The van der Waals surface area contributed by atoms with Crippen LogP contribution >= 0.6 is 0 Å². The third-order valence-electron chi connectivity index (χ3n) is 2.66. The summed E-state index contributed by atoms with van der Waals surface area (Å²) in [6, 6.07) is 7.63. The summed E-state index contributed by atoms with van der Waals surface area (Å²) in [5, 5.41) is 3.36. The lowest BCUT2D eigenvalue weighted by atomic mass is 10.1. The molecular weight excluding hydrogens is 212 g/mol. The standard InChI is InChI=1S/C14H18N2O/c1-3-6-13(4-2)16-10-11-7-5-8-12(9-11)14(15)17/h1,5,7-9,13,16H,4,6,10H2,2H3,(H2,15,17). The Morgan fingerprint density at radius 3 is 2.94 bits per heavy atom. The van der Waals surface area contributed by atoms with Gasteiger partial charge in [0, 0.05) is 24.6 Å². The smallest absolute Gasteiger partial charge is 0.248 e. The average molecular weight is 230 g/mol. The molecular formula is C14H18N2O. The highest BCUT2D eigenvalue weighted by molar-refractivity contribution is 5.92. The molecule has 0 aliphatic carbocycles. The summed E-state index contributed by atoms with van der Waals surface area (Å²) in [5.41, 5.74) is 6.80. The van der Waals surface area contributed by atoms with Crippen LogP contribution in [0.25, 0.3) is 0 Å². The van der Waals surface area contributed by atoms with Crippen molar-refractivity contribution in [2.24, 2.45) is 5.73 Å². The molecule has 17 heavy (non-hydrogen) atoms. The highest BCUT2D eigenvalue weighted by atomic mass is 16.1. The molecule has 0 spiro atoms. The minimum atomic E-state index is -0.400. The SMILES string of the molecule is C#CCC(CC)NCc1cccc(C(N)=O)c1. The Morgan fingerprint density at radius 2 is 2.35 bits per heavy atom. The summed E-state index contributed by atoms with van der Waals surface area (Å²) >= 11 is 0. The number of carbonyl (C=O) groups is 1. The molecule has 0 saturated carbocycles. The zero-order valence-electron chi connectivity index (χ0n) is 10.1. The highest BCUT2D eigenvalue weighted by Gasteiger charge is 2.05. The number of terminal acetylenes is 1. The quantitative estimate of drug-likeness (QED) is 0.730. The van der Waals surface area contributed by atoms with Gasteiger partial charge in [-0.25, -0.2) is 0 Å². The minimum Gasteiger partial charge on any atom is -0.366 e. The van der Waals surface area contributed by atoms with Gasteiger partial charge in [-0.15, -0.1) is 12.3 Å². The Bertz CT molecular complexity index is 420. The molecule has 1 amide bonds. The van der Waals surface area contributed by atoms with Crippen LogP contribution in [-0.2, 0) is 6.54 Å². The maximum Gasteiger partial charge on any atom is 0.248 e. The number of rotatable bonds is 6. The van der Waals surface area contributed by atoms with E-state index in [0.717, 1.165) is 12.0 Å². The van der Waals surface area contributed by atoms with Gasteiger partial charge < -0.3 is 11.1 Å². The van der Waals surface area contributed by atoms with Crippen molar-refractivity contribution < 1.29 is 4.79 Å². The van der Waals surface area contributed by atoms with Crippen molar-refractivity contribution in [3.05, 3.63) is 35.4 Å². The Hall–Kier alpha value is -1.79. The van der Waals surface area contributed by atoms with Crippen LogP contribution in [0, 0.1) is 12.3 Å². The predicted molar refractivity (Wildman–Crippen MR) is 69.3 cm³/mol. The first kappa shape index (κ1) is 13.3. The van der Waals surface area contributed by atoms with E-state index in [1.165, 1.54) is 0 Å². The molecule has 0 saturated heterocycles. The van der Waals surface area contributed by atoms with Crippen molar-refractivity contribution >= 4 is 5.91 Å². The van der Waals surface area contributed by atoms with E-state index in [9.17, 15) is 4.79 Å². The van der Waals surface area contributed by atoms with Crippen LogP contribution in [0.15, 0.2) is 24.3 Å². The molecule has 0 aromatic heterocycles. The lowest BCUT2D eigenvalue weighted by Crippen LogP contribution is -2.27. The minimum absolute atomic E-state index is 0.317. The van der Waals surface area contributed by atoms with Gasteiger partial charge in [-0.3, -0.25) is 4.79 Å². The van der Waals surface area contributed by atoms with Gasteiger partial charge in [0.2, 0.25) is 5.91 Å². The fourth-order valence-corrected chi connectivity index (χ4v) is 1.60. The number of nitrogens with two attached hydrogens (primary N) is 1. The van der Waals surface area contributed by atoms with Crippen molar-refractivity contribution in [3.8, 4) is 12.3 Å². The van der Waals surface area contributed by atoms with E-state index in [0.29, 0.717) is 24.6 Å². The molecule has 1 aromatic carbocycles. The van der Waals surface area contributed by atoms with Crippen molar-refractivity contribution in [1.29, 1.82) is 0 Å². The summed E-state index contributed by atoms with van der Waals surface area (Å²) in [7, 11) is 0. The normalized spacial score (nSPS) is 11.8. The molecule has 1 unspecified atom stereocenters. The molecule has 3 heteroatoms. The first-order valence-electron chi connectivity index (χ1n) is 5.73. The van der Waals surface area contributed by atoms with Gasteiger partial charge >= 0.3 is 0 Å². The molecule has 1 atom stereocenters. The largest absolute Gasteiger partial charge is 0.366 e.